The molecule has 5 unspecified atom stereocenters. The van der Waals surface area contributed by atoms with Crippen molar-refractivity contribution in [2.45, 2.75) is 38.7 Å². The molecular formula is C16H21NO. The van der Waals surface area contributed by atoms with Gasteiger partial charge in [-0.05, 0) is 67.4 Å². The highest BCUT2D eigenvalue weighted by Gasteiger charge is 2.66. The van der Waals surface area contributed by atoms with Crippen LogP contribution in [0.15, 0.2) is 18.3 Å². The molecule has 3 aliphatic carbocycles. The average molecular weight is 243 g/mol. The highest BCUT2D eigenvalue weighted by atomic mass is 16.3. The fourth-order valence-electron chi connectivity index (χ4n) is 4.97. The number of fused-ring (bicyclic) bond motifs is 5. The van der Waals surface area contributed by atoms with E-state index in [1.165, 1.54) is 24.8 Å². The Morgan fingerprint density at radius 3 is 2.72 bits per heavy atom. The van der Waals surface area contributed by atoms with Crippen molar-refractivity contribution in [3.8, 4) is 0 Å². The van der Waals surface area contributed by atoms with Crippen LogP contribution < -0.4 is 0 Å². The number of aromatic nitrogens is 1. The van der Waals surface area contributed by atoms with E-state index in [9.17, 15) is 5.11 Å². The molecule has 3 fully saturated rings. The van der Waals surface area contributed by atoms with Crippen LogP contribution in [0.25, 0.3) is 0 Å². The van der Waals surface area contributed by atoms with Gasteiger partial charge in [-0.15, -0.1) is 0 Å². The van der Waals surface area contributed by atoms with Gasteiger partial charge in [-0.2, -0.15) is 0 Å². The smallest absolute Gasteiger partial charge is 0.0629 e. The van der Waals surface area contributed by atoms with E-state index in [2.05, 4.69) is 18.0 Å². The Bertz CT molecular complexity index is 456. The van der Waals surface area contributed by atoms with Crippen LogP contribution in [0.2, 0.25) is 0 Å². The molecule has 0 saturated heterocycles. The SMILES string of the molecule is Cc1cccnc1CC(O)C1C2C3CCC(C3)C12. The molecule has 2 bridgehead atoms. The Hall–Kier alpha value is -0.890. The normalized spacial score (nSPS) is 41.8. The molecule has 0 aromatic carbocycles. The zero-order chi connectivity index (χ0) is 12.3. The van der Waals surface area contributed by atoms with E-state index in [1.54, 1.807) is 0 Å². The summed E-state index contributed by atoms with van der Waals surface area (Å²) in [6.07, 6.45) is 6.75. The minimum Gasteiger partial charge on any atom is -0.392 e. The second kappa shape index (κ2) is 3.80. The lowest BCUT2D eigenvalue weighted by Crippen LogP contribution is -2.19. The molecule has 2 heteroatoms. The molecule has 18 heavy (non-hydrogen) atoms. The second-order valence-corrected chi connectivity index (χ2v) is 6.60. The van der Waals surface area contributed by atoms with Crippen molar-refractivity contribution in [1.82, 2.24) is 4.98 Å². The zero-order valence-electron chi connectivity index (χ0n) is 10.9. The maximum Gasteiger partial charge on any atom is 0.0629 e. The van der Waals surface area contributed by atoms with Gasteiger partial charge in [0.2, 0.25) is 0 Å². The third kappa shape index (κ3) is 1.48. The highest BCUT2D eigenvalue weighted by Crippen LogP contribution is 2.70. The first-order valence-corrected chi connectivity index (χ1v) is 7.34. The number of aliphatic hydroxyl groups is 1. The van der Waals surface area contributed by atoms with E-state index in [1.807, 2.05) is 12.3 Å². The molecule has 0 radical (unpaired) electrons. The topological polar surface area (TPSA) is 33.1 Å². The van der Waals surface area contributed by atoms with Crippen molar-refractivity contribution in [3.05, 3.63) is 29.6 Å². The molecule has 4 rings (SSSR count). The fraction of sp³-hybridized carbons (Fsp3) is 0.688. The largest absolute Gasteiger partial charge is 0.392 e. The summed E-state index contributed by atoms with van der Waals surface area (Å²) < 4.78 is 0. The lowest BCUT2D eigenvalue weighted by Gasteiger charge is -2.15. The molecule has 0 amide bonds. The van der Waals surface area contributed by atoms with E-state index >= 15 is 0 Å². The highest BCUT2D eigenvalue weighted by molar-refractivity contribution is 5.21. The number of aryl methyl sites for hydroxylation is 1. The first-order chi connectivity index (χ1) is 8.75. The Kier molecular flexibility index (Phi) is 2.32. The van der Waals surface area contributed by atoms with Gasteiger partial charge in [0.15, 0.2) is 0 Å². The number of hydrogen-bond donors (Lipinski definition) is 1. The molecule has 5 atom stereocenters. The molecular weight excluding hydrogens is 222 g/mol. The summed E-state index contributed by atoms with van der Waals surface area (Å²) in [5.41, 5.74) is 2.30. The molecule has 1 N–H and O–H groups in total. The summed E-state index contributed by atoms with van der Waals surface area (Å²) in [6.45, 7) is 2.09. The van der Waals surface area contributed by atoms with Crippen LogP contribution in [0.3, 0.4) is 0 Å². The summed E-state index contributed by atoms with van der Waals surface area (Å²) >= 11 is 0. The molecule has 1 aromatic heterocycles. The molecule has 3 aliphatic rings. The third-order valence-electron chi connectivity index (χ3n) is 5.76. The minimum atomic E-state index is -0.156. The summed E-state index contributed by atoms with van der Waals surface area (Å²) in [6, 6.07) is 4.06. The van der Waals surface area contributed by atoms with Crippen LogP contribution in [-0.2, 0) is 6.42 Å². The number of aliphatic hydroxyl groups excluding tert-OH is 1. The van der Waals surface area contributed by atoms with Gasteiger partial charge in [0.05, 0.1) is 6.10 Å². The maximum absolute atomic E-state index is 10.5. The van der Waals surface area contributed by atoms with E-state index in [0.717, 1.165) is 35.8 Å². The minimum absolute atomic E-state index is 0.156. The molecule has 96 valence electrons. The fourth-order valence-corrected chi connectivity index (χ4v) is 4.97. The standard InChI is InChI=1S/C16H21NO/c1-9-3-2-6-17-12(9)8-13(18)16-14-10-4-5-11(7-10)15(14)16/h2-3,6,10-11,13-16,18H,4-5,7-8H2,1H3. The summed E-state index contributed by atoms with van der Waals surface area (Å²) in [7, 11) is 0. The molecule has 3 saturated carbocycles. The second-order valence-electron chi connectivity index (χ2n) is 6.60. The Morgan fingerprint density at radius 1 is 1.33 bits per heavy atom. The Labute approximate surface area is 108 Å². The predicted molar refractivity (Wildman–Crippen MR) is 70.0 cm³/mol. The third-order valence-corrected chi connectivity index (χ3v) is 5.76. The number of pyridine rings is 1. The van der Waals surface area contributed by atoms with Crippen LogP contribution in [0.4, 0.5) is 0 Å². The van der Waals surface area contributed by atoms with Crippen LogP contribution in [0.1, 0.15) is 30.5 Å². The maximum atomic E-state index is 10.5. The van der Waals surface area contributed by atoms with Crippen molar-refractivity contribution >= 4 is 0 Å². The van der Waals surface area contributed by atoms with Crippen molar-refractivity contribution in [3.63, 3.8) is 0 Å². The monoisotopic (exact) mass is 243 g/mol. The van der Waals surface area contributed by atoms with Gasteiger partial charge in [0.1, 0.15) is 0 Å². The summed E-state index contributed by atoms with van der Waals surface area (Å²) in [5, 5.41) is 10.5. The molecule has 1 heterocycles. The number of nitrogens with zero attached hydrogens (tertiary/aromatic N) is 1. The first kappa shape index (κ1) is 11.0. The van der Waals surface area contributed by atoms with E-state index < -0.39 is 0 Å². The molecule has 2 nitrogen and oxygen atoms in total. The van der Waals surface area contributed by atoms with Crippen LogP contribution >= 0.6 is 0 Å². The van der Waals surface area contributed by atoms with E-state index in [4.69, 9.17) is 0 Å². The van der Waals surface area contributed by atoms with Crippen molar-refractivity contribution < 1.29 is 5.11 Å². The van der Waals surface area contributed by atoms with Crippen LogP contribution in [-0.4, -0.2) is 16.2 Å². The molecule has 0 aliphatic heterocycles. The van der Waals surface area contributed by atoms with Gasteiger partial charge < -0.3 is 5.11 Å². The zero-order valence-corrected chi connectivity index (χ0v) is 10.9. The number of rotatable bonds is 3. The van der Waals surface area contributed by atoms with Crippen molar-refractivity contribution in [1.29, 1.82) is 0 Å². The lowest BCUT2D eigenvalue weighted by atomic mass is 9.96. The van der Waals surface area contributed by atoms with Gasteiger partial charge in [0.25, 0.3) is 0 Å². The summed E-state index contributed by atoms with van der Waals surface area (Å²) in [5.74, 6) is 4.22. The van der Waals surface area contributed by atoms with Gasteiger partial charge in [-0.1, -0.05) is 6.07 Å². The van der Waals surface area contributed by atoms with Crippen LogP contribution in [0.5, 0.6) is 0 Å². The van der Waals surface area contributed by atoms with Gasteiger partial charge in [-0.25, -0.2) is 0 Å². The van der Waals surface area contributed by atoms with Gasteiger partial charge >= 0.3 is 0 Å². The summed E-state index contributed by atoms with van der Waals surface area (Å²) in [4.78, 5) is 4.42. The van der Waals surface area contributed by atoms with Crippen LogP contribution in [0, 0.1) is 36.5 Å². The molecule has 0 spiro atoms. The van der Waals surface area contributed by atoms with Gasteiger partial charge in [-0.3, -0.25) is 4.98 Å². The first-order valence-electron chi connectivity index (χ1n) is 7.34. The van der Waals surface area contributed by atoms with Crippen molar-refractivity contribution in [2.75, 3.05) is 0 Å². The quantitative estimate of drug-likeness (QED) is 0.885. The molecule has 1 aromatic rings. The Balaban J connectivity index is 1.47. The number of hydrogen-bond acceptors (Lipinski definition) is 2. The Morgan fingerprint density at radius 2 is 2.06 bits per heavy atom. The van der Waals surface area contributed by atoms with Gasteiger partial charge in [0, 0.05) is 18.3 Å². The predicted octanol–water partition coefficient (Wildman–Crippen LogP) is 2.59. The van der Waals surface area contributed by atoms with Crippen molar-refractivity contribution in [2.24, 2.45) is 29.6 Å². The van der Waals surface area contributed by atoms with E-state index in [-0.39, 0.29) is 6.10 Å². The lowest BCUT2D eigenvalue weighted by molar-refractivity contribution is 0.127. The average Bonchev–Trinajstić information content (AvgIpc) is 2.82. The van der Waals surface area contributed by atoms with E-state index in [0.29, 0.717) is 5.92 Å².